The highest BCUT2D eigenvalue weighted by Gasteiger charge is 2.32. The summed E-state index contributed by atoms with van der Waals surface area (Å²) < 4.78 is 0. The van der Waals surface area contributed by atoms with Gasteiger partial charge in [0.15, 0.2) is 0 Å². The van der Waals surface area contributed by atoms with Crippen LogP contribution in [0.1, 0.15) is 0 Å². The topological polar surface area (TPSA) is 101 Å². The van der Waals surface area contributed by atoms with Gasteiger partial charge in [0, 0.05) is 6.54 Å². The lowest BCUT2D eigenvalue weighted by molar-refractivity contribution is -0.155. The Balaban J connectivity index is 4.98. The predicted molar refractivity (Wildman–Crippen MR) is 60.0 cm³/mol. The number of thiol groups is 2. The molecule has 0 rings (SSSR count). The molecule has 0 aliphatic heterocycles. The Labute approximate surface area is 97.6 Å². The van der Waals surface area contributed by atoms with Gasteiger partial charge in [-0.15, -0.1) is 0 Å². The first kappa shape index (κ1) is 14.3. The van der Waals surface area contributed by atoms with Gasteiger partial charge in [-0.2, -0.15) is 25.3 Å². The van der Waals surface area contributed by atoms with Gasteiger partial charge >= 0.3 is 5.97 Å². The molecule has 0 aromatic rings. The summed E-state index contributed by atoms with van der Waals surface area (Å²) in [5, 5.41) is 8.76. The fourth-order valence-corrected chi connectivity index (χ4v) is 1.26. The molecule has 0 aromatic carbocycles. The molecular formula is C7H12N2O4S2. The Morgan fingerprint density at radius 1 is 1.20 bits per heavy atom. The molecule has 0 heterocycles. The third kappa shape index (κ3) is 3.73. The van der Waals surface area contributed by atoms with Gasteiger partial charge in [-0.05, 0) is 0 Å². The number of carbonyl (C=O) groups is 3. The lowest BCUT2D eigenvalue weighted by Crippen LogP contribution is -2.53. The van der Waals surface area contributed by atoms with Crippen LogP contribution in [0, 0.1) is 0 Å². The molecule has 0 radical (unpaired) electrons. The van der Waals surface area contributed by atoms with Crippen molar-refractivity contribution in [3.63, 3.8) is 0 Å². The molecule has 15 heavy (non-hydrogen) atoms. The van der Waals surface area contributed by atoms with Crippen LogP contribution < -0.4 is 5.73 Å². The number of carboxylic acids is 1. The molecule has 0 spiro atoms. The van der Waals surface area contributed by atoms with Crippen molar-refractivity contribution in [2.24, 2.45) is 5.73 Å². The van der Waals surface area contributed by atoms with Gasteiger partial charge in [0.1, 0.15) is 6.04 Å². The molecule has 3 N–H and O–H groups in total. The molecule has 0 aliphatic carbocycles. The lowest BCUT2D eigenvalue weighted by Gasteiger charge is -2.25. The molecular weight excluding hydrogens is 240 g/mol. The quantitative estimate of drug-likeness (QED) is 0.452. The molecule has 0 bridgehead atoms. The molecule has 0 saturated carbocycles. The van der Waals surface area contributed by atoms with Crippen LogP contribution in [-0.2, 0) is 14.4 Å². The molecule has 0 saturated heterocycles. The Kier molecular flexibility index (Phi) is 6.37. The Morgan fingerprint density at radius 3 is 1.80 bits per heavy atom. The number of hydrogen-bond acceptors (Lipinski definition) is 6. The summed E-state index contributed by atoms with van der Waals surface area (Å²) in [5.41, 5.74) is 5.18. The van der Waals surface area contributed by atoms with Crippen molar-refractivity contribution >= 4 is 43.0 Å². The number of nitrogens with two attached hydrogens (primary N) is 1. The second-order valence-electron chi connectivity index (χ2n) is 2.56. The van der Waals surface area contributed by atoms with Crippen molar-refractivity contribution < 1.29 is 19.5 Å². The van der Waals surface area contributed by atoms with Gasteiger partial charge < -0.3 is 10.8 Å². The minimum absolute atomic E-state index is 0.261. The first-order chi connectivity index (χ1) is 6.99. The maximum Gasteiger partial charge on any atom is 0.328 e. The molecule has 2 amide bonds. The number of carbonyl (C=O) groups excluding carboxylic acids is 2. The third-order valence-corrected chi connectivity index (χ3v) is 2.17. The maximum absolute atomic E-state index is 11.3. The van der Waals surface area contributed by atoms with Crippen LogP contribution in [0.4, 0.5) is 0 Å². The van der Waals surface area contributed by atoms with E-state index in [1.165, 1.54) is 0 Å². The fraction of sp³-hybridized carbons (Fsp3) is 0.571. The van der Waals surface area contributed by atoms with Gasteiger partial charge in [0.05, 0.1) is 11.5 Å². The summed E-state index contributed by atoms with van der Waals surface area (Å²) in [6.07, 6.45) is 0. The van der Waals surface area contributed by atoms with Crippen molar-refractivity contribution in [2.45, 2.75) is 6.04 Å². The standard InChI is InChI=1S/C7H12N2O4S2/c8-1-4(7(12)13)9(5(10)2-14)6(11)3-15/h4,14-15H,1-3,8H2,(H,12,13). The van der Waals surface area contributed by atoms with E-state index in [9.17, 15) is 14.4 Å². The maximum atomic E-state index is 11.3. The summed E-state index contributed by atoms with van der Waals surface area (Å²) in [6, 6.07) is -1.36. The minimum Gasteiger partial charge on any atom is -0.480 e. The van der Waals surface area contributed by atoms with Gasteiger partial charge in [-0.1, -0.05) is 0 Å². The first-order valence-electron chi connectivity index (χ1n) is 3.99. The van der Waals surface area contributed by atoms with Gasteiger partial charge in [0.2, 0.25) is 11.8 Å². The molecule has 6 nitrogen and oxygen atoms in total. The Bertz CT molecular complexity index is 256. The van der Waals surface area contributed by atoms with E-state index in [4.69, 9.17) is 10.8 Å². The van der Waals surface area contributed by atoms with Crippen molar-refractivity contribution in [3.8, 4) is 0 Å². The van der Waals surface area contributed by atoms with Crippen LogP contribution in [0.15, 0.2) is 0 Å². The number of nitrogens with zero attached hydrogens (tertiary/aromatic N) is 1. The van der Waals surface area contributed by atoms with Gasteiger partial charge in [-0.25, -0.2) is 4.79 Å². The molecule has 86 valence electrons. The Morgan fingerprint density at radius 2 is 1.60 bits per heavy atom. The van der Waals surface area contributed by atoms with E-state index in [1.807, 2.05) is 0 Å². The summed E-state index contributed by atoms with van der Waals surface area (Å²) in [6.45, 7) is -0.339. The predicted octanol–water partition coefficient (Wildman–Crippen LogP) is -1.39. The van der Waals surface area contributed by atoms with Crippen LogP contribution in [0.3, 0.4) is 0 Å². The highest BCUT2D eigenvalue weighted by atomic mass is 32.1. The summed E-state index contributed by atoms with van der Waals surface area (Å²) in [5.74, 6) is -3.25. The fourth-order valence-electron chi connectivity index (χ4n) is 0.956. The van der Waals surface area contributed by atoms with Crippen molar-refractivity contribution in [3.05, 3.63) is 0 Å². The van der Waals surface area contributed by atoms with E-state index >= 15 is 0 Å². The highest BCUT2D eigenvalue weighted by Crippen LogP contribution is 2.03. The second-order valence-corrected chi connectivity index (χ2v) is 3.20. The number of aliphatic carboxylic acids is 1. The van der Waals surface area contributed by atoms with E-state index < -0.39 is 23.8 Å². The van der Waals surface area contributed by atoms with Crippen molar-refractivity contribution in [1.29, 1.82) is 0 Å². The summed E-state index contributed by atoms with van der Waals surface area (Å²) in [7, 11) is 0. The van der Waals surface area contributed by atoms with E-state index in [-0.39, 0.29) is 18.1 Å². The molecule has 1 atom stereocenters. The number of carboxylic acid groups (broad SMARTS) is 1. The first-order valence-corrected chi connectivity index (χ1v) is 5.25. The number of imide groups is 1. The number of amides is 2. The highest BCUT2D eigenvalue weighted by molar-refractivity contribution is 7.81. The molecule has 0 aromatic heterocycles. The van der Waals surface area contributed by atoms with E-state index in [2.05, 4.69) is 25.3 Å². The zero-order valence-corrected chi connectivity index (χ0v) is 9.58. The number of rotatable bonds is 5. The zero-order chi connectivity index (χ0) is 12.0. The lowest BCUT2D eigenvalue weighted by atomic mass is 10.2. The average Bonchev–Trinajstić information content (AvgIpc) is 2.23. The van der Waals surface area contributed by atoms with E-state index in [0.29, 0.717) is 4.90 Å². The molecule has 0 aliphatic rings. The molecule has 8 heteroatoms. The van der Waals surface area contributed by atoms with E-state index in [1.54, 1.807) is 0 Å². The van der Waals surface area contributed by atoms with Crippen molar-refractivity contribution in [1.82, 2.24) is 4.90 Å². The van der Waals surface area contributed by atoms with Crippen LogP contribution in [0.25, 0.3) is 0 Å². The Hall–Kier alpha value is -0.730. The zero-order valence-electron chi connectivity index (χ0n) is 7.79. The monoisotopic (exact) mass is 252 g/mol. The van der Waals surface area contributed by atoms with Crippen LogP contribution in [-0.4, -0.2) is 51.9 Å². The normalized spacial score (nSPS) is 11.9. The number of hydrogen-bond donors (Lipinski definition) is 4. The second kappa shape index (κ2) is 6.70. The van der Waals surface area contributed by atoms with E-state index in [0.717, 1.165) is 0 Å². The smallest absolute Gasteiger partial charge is 0.328 e. The largest absolute Gasteiger partial charge is 0.480 e. The van der Waals surface area contributed by atoms with Gasteiger partial charge in [-0.3, -0.25) is 14.5 Å². The molecule has 0 fully saturated rings. The SMILES string of the molecule is NCC(C(=O)O)N(C(=O)CS)C(=O)CS. The van der Waals surface area contributed by atoms with Crippen molar-refractivity contribution in [2.75, 3.05) is 18.1 Å². The summed E-state index contributed by atoms with van der Waals surface area (Å²) in [4.78, 5) is 33.9. The third-order valence-electron chi connectivity index (χ3n) is 1.63. The van der Waals surface area contributed by atoms with Crippen LogP contribution >= 0.6 is 25.3 Å². The van der Waals surface area contributed by atoms with Crippen LogP contribution in [0.5, 0.6) is 0 Å². The minimum atomic E-state index is -1.36. The average molecular weight is 252 g/mol. The van der Waals surface area contributed by atoms with Crippen LogP contribution in [0.2, 0.25) is 0 Å². The van der Waals surface area contributed by atoms with Gasteiger partial charge in [0.25, 0.3) is 0 Å². The molecule has 1 unspecified atom stereocenters. The summed E-state index contributed by atoms with van der Waals surface area (Å²) >= 11 is 7.38.